The van der Waals surface area contributed by atoms with Crippen LogP contribution < -0.4 is 15.2 Å². The summed E-state index contributed by atoms with van der Waals surface area (Å²) in [7, 11) is -2.66. The van der Waals surface area contributed by atoms with Crippen LogP contribution in [0.3, 0.4) is 0 Å². The lowest BCUT2D eigenvalue weighted by Gasteiger charge is -2.14. The van der Waals surface area contributed by atoms with Gasteiger partial charge in [0.25, 0.3) is 5.91 Å². The summed E-state index contributed by atoms with van der Waals surface area (Å²) in [6, 6.07) is 11.6. The summed E-state index contributed by atoms with van der Waals surface area (Å²) in [6.45, 7) is -0.885. The van der Waals surface area contributed by atoms with Gasteiger partial charge in [0.15, 0.2) is 33.0 Å². The van der Waals surface area contributed by atoms with Gasteiger partial charge in [-0.3, -0.25) is 9.48 Å². The molecule has 0 bridgehead atoms. The van der Waals surface area contributed by atoms with Crippen LogP contribution in [-0.2, 0) is 34.2 Å². The molecule has 1 fully saturated rings. The van der Waals surface area contributed by atoms with Crippen molar-refractivity contribution in [2.24, 2.45) is 12.8 Å². The van der Waals surface area contributed by atoms with Gasteiger partial charge in [-0.15, -0.1) is 8.78 Å². The lowest BCUT2D eigenvalue weighted by molar-refractivity contribution is -0.286. The first-order chi connectivity index (χ1) is 23.5. The average molecular weight is 717 g/mol. The fraction of sp³-hybridized carbons (Fsp3) is 0.242. The lowest BCUT2D eigenvalue weighted by Crippen LogP contribution is -2.33. The number of carbonyl (C=O) groups is 1. The maximum Gasteiger partial charge on any atom is 0.586 e. The van der Waals surface area contributed by atoms with Gasteiger partial charge in [0.1, 0.15) is 17.2 Å². The number of hydrogen-bond acceptors (Lipinski definition) is 9. The molecule has 260 valence electrons. The SMILES string of the molecule is Cn1nc(C(F)(F)C(N)=O)cc1-c1ccc(-c2cc(F)c(CO)c(S(C)(=O)=O)c2)cc1-c1oc(C2CC2)nc1-c1ccc2c(c1)OC(F)(F)O2. The molecule has 1 amide bonds. The zero-order valence-corrected chi connectivity index (χ0v) is 26.8. The number of carbonyl (C=O) groups excluding carboxylic acids is 1. The summed E-state index contributed by atoms with van der Waals surface area (Å²) >= 11 is 0. The molecule has 2 aliphatic rings. The van der Waals surface area contributed by atoms with Crippen LogP contribution in [0.1, 0.15) is 35.9 Å². The number of oxazole rings is 1. The molecule has 0 saturated heterocycles. The van der Waals surface area contributed by atoms with Crippen molar-refractivity contribution in [1.29, 1.82) is 0 Å². The minimum absolute atomic E-state index is 0.0505. The molecular formula is C33H25F5N4O7S. The van der Waals surface area contributed by atoms with Crippen molar-refractivity contribution in [2.75, 3.05) is 6.26 Å². The number of benzene rings is 3. The van der Waals surface area contributed by atoms with Crippen LogP contribution in [0.2, 0.25) is 0 Å². The zero-order chi connectivity index (χ0) is 35.9. The van der Waals surface area contributed by atoms with E-state index in [0.29, 0.717) is 5.89 Å². The third-order valence-corrected chi connectivity index (χ3v) is 9.50. The van der Waals surface area contributed by atoms with Gasteiger partial charge in [-0.25, -0.2) is 17.8 Å². The Morgan fingerprint density at radius 1 is 1.02 bits per heavy atom. The molecule has 1 aliphatic heterocycles. The molecule has 2 aromatic heterocycles. The predicted molar refractivity (Wildman–Crippen MR) is 165 cm³/mol. The first-order valence-corrected chi connectivity index (χ1v) is 16.8. The van der Waals surface area contributed by atoms with E-state index in [0.717, 1.165) is 35.9 Å². The fourth-order valence-electron chi connectivity index (χ4n) is 5.71. The maximum absolute atomic E-state index is 15.2. The lowest BCUT2D eigenvalue weighted by atomic mass is 9.93. The summed E-state index contributed by atoms with van der Waals surface area (Å²) in [5.41, 5.74) is 4.73. The van der Waals surface area contributed by atoms with E-state index in [-0.39, 0.29) is 62.4 Å². The van der Waals surface area contributed by atoms with Crippen LogP contribution in [0, 0.1) is 5.82 Å². The summed E-state index contributed by atoms with van der Waals surface area (Å²) < 4.78 is 114. The molecule has 0 radical (unpaired) electrons. The van der Waals surface area contributed by atoms with Crippen LogP contribution in [0.5, 0.6) is 11.5 Å². The molecule has 0 atom stereocenters. The average Bonchev–Trinajstić information content (AvgIpc) is 3.54. The van der Waals surface area contributed by atoms with Gasteiger partial charge in [0.05, 0.1) is 17.2 Å². The highest BCUT2D eigenvalue weighted by atomic mass is 32.2. The summed E-state index contributed by atoms with van der Waals surface area (Å²) in [6.07, 6.45) is -1.54. The van der Waals surface area contributed by atoms with Crippen LogP contribution in [0.4, 0.5) is 22.0 Å². The van der Waals surface area contributed by atoms with E-state index in [1.165, 1.54) is 49.5 Å². The van der Waals surface area contributed by atoms with Crippen molar-refractivity contribution < 1.29 is 54.2 Å². The molecule has 50 heavy (non-hydrogen) atoms. The number of rotatable bonds is 9. The standard InChI is InChI=1S/C33H25F5N4O7S/c1-42-23(13-27(41-42)32(35,36)31(39)44)19-7-5-16(18-10-22(34)21(14-43)26(12-18)50(2,45)46)9-20(19)29-28(40-30(47-29)15-3-4-15)17-6-8-24-25(11-17)49-33(37,38)48-24/h5-13,15,43H,3-4,14H2,1-2H3,(H2,39,44). The second-order valence-corrected chi connectivity index (χ2v) is 13.9. The third kappa shape index (κ3) is 5.75. The highest BCUT2D eigenvalue weighted by Crippen LogP contribution is 2.49. The Morgan fingerprint density at radius 3 is 2.38 bits per heavy atom. The van der Waals surface area contributed by atoms with E-state index in [9.17, 15) is 35.9 Å². The fourth-order valence-corrected chi connectivity index (χ4v) is 6.66. The van der Waals surface area contributed by atoms with Gasteiger partial charge >= 0.3 is 12.2 Å². The number of aliphatic hydroxyl groups excluding tert-OH is 1. The number of hydrogen-bond donors (Lipinski definition) is 2. The molecule has 3 aromatic carbocycles. The second kappa shape index (κ2) is 11.4. The van der Waals surface area contributed by atoms with Crippen LogP contribution in [0.15, 0.2) is 63.9 Å². The molecule has 0 unspecified atom stereocenters. The number of alkyl halides is 4. The summed E-state index contributed by atoms with van der Waals surface area (Å²) in [4.78, 5) is 15.8. The van der Waals surface area contributed by atoms with Crippen molar-refractivity contribution in [3.8, 4) is 56.5 Å². The highest BCUT2D eigenvalue weighted by molar-refractivity contribution is 7.90. The van der Waals surface area contributed by atoms with Crippen molar-refractivity contribution >= 4 is 15.7 Å². The second-order valence-electron chi connectivity index (χ2n) is 11.9. The van der Waals surface area contributed by atoms with Crippen molar-refractivity contribution in [2.45, 2.75) is 42.5 Å². The molecular weight excluding hydrogens is 691 g/mol. The predicted octanol–water partition coefficient (Wildman–Crippen LogP) is 5.89. The Bertz CT molecular complexity index is 2330. The molecule has 0 spiro atoms. The van der Waals surface area contributed by atoms with Crippen molar-refractivity contribution in [3.63, 3.8) is 0 Å². The van der Waals surface area contributed by atoms with Gasteiger partial charge in [-0.2, -0.15) is 13.9 Å². The number of nitrogens with zero attached hydrogens (tertiary/aromatic N) is 3. The van der Waals surface area contributed by atoms with Crippen LogP contribution in [-0.4, -0.2) is 46.7 Å². The molecule has 7 rings (SSSR count). The van der Waals surface area contributed by atoms with E-state index in [1.54, 1.807) is 0 Å². The first kappa shape index (κ1) is 33.2. The largest absolute Gasteiger partial charge is 0.586 e. The Labute approximate surface area is 280 Å². The monoisotopic (exact) mass is 716 g/mol. The Balaban J connectivity index is 1.48. The number of aromatic nitrogens is 3. The summed E-state index contributed by atoms with van der Waals surface area (Å²) in [5, 5.41) is 13.5. The van der Waals surface area contributed by atoms with Gasteiger partial charge < -0.3 is 24.7 Å². The van der Waals surface area contributed by atoms with E-state index in [1.807, 2.05) is 0 Å². The molecule has 11 nitrogen and oxygen atoms in total. The molecule has 1 aliphatic carbocycles. The smallest absolute Gasteiger partial charge is 0.440 e. The minimum Gasteiger partial charge on any atom is -0.440 e. The molecule has 17 heteroatoms. The number of ether oxygens (including phenoxy) is 2. The van der Waals surface area contributed by atoms with Gasteiger partial charge in [0.2, 0.25) is 0 Å². The number of halogens is 5. The normalized spacial score (nSPS) is 15.4. The number of primary amides is 1. The van der Waals surface area contributed by atoms with Crippen LogP contribution >= 0.6 is 0 Å². The highest BCUT2D eigenvalue weighted by Gasteiger charge is 2.44. The van der Waals surface area contributed by atoms with E-state index in [4.69, 9.17) is 10.2 Å². The number of amides is 1. The van der Waals surface area contributed by atoms with E-state index < -0.39 is 56.5 Å². The van der Waals surface area contributed by atoms with Crippen molar-refractivity contribution in [1.82, 2.24) is 14.8 Å². The van der Waals surface area contributed by atoms with Gasteiger partial charge in [-0.05, 0) is 66.4 Å². The molecule has 1 saturated carbocycles. The van der Waals surface area contributed by atoms with Crippen LogP contribution in [0.25, 0.3) is 45.0 Å². The van der Waals surface area contributed by atoms with E-state index in [2.05, 4.69) is 19.6 Å². The maximum atomic E-state index is 15.2. The number of nitrogens with two attached hydrogens (primary N) is 1. The quantitative estimate of drug-likeness (QED) is 0.178. The Morgan fingerprint density at radius 2 is 1.72 bits per heavy atom. The summed E-state index contributed by atoms with van der Waals surface area (Å²) in [5.74, 6) is -7.25. The van der Waals surface area contributed by atoms with Crippen molar-refractivity contribution in [3.05, 3.63) is 77.6 Å². The Kier molecular flexibility index (Phi) is 7.56. The molecule has 3 heterocycles. The molecule has 5 aromatic rings. The molecule has 3 N–H and O–H groups in total. The van der Waals surface area contributed by atoms with Gasteiger partial charge in [0, 0.05) is 41.5 Å². The third-order valence-electron chi connectivity index (χ3n) is 8.34. The number of fused-ring (bicyclic) bond motifs is 1. The zero-order valence-electron chi connectivity index (χ0n) is 26.0. The first-order valence-electron chi connectivity index (χ1n) is 14.9. The van der Waals surface area contributed by atoms with Gasteiger partial charge in [-0.1, -0.05) is 12.1 Å². The number of sulfone groups is 1. The minimum atomic E-state index is -4.13. The Hall–Kier alpha value is -5.29. The number of aryl methyl sites for hydroxylation is 1. The number of aliphatic hydroxyl groups is 1. The van der Waals surface area contributed by atoms with E-state index >= 15 is 4.39 Å². The topological polar surface area (TPSA) is 160 Å².